The van der Waals surface area contributed by atoms with E-state index in [0.717, 1.165) is 0 Å². The van der Waals surface area contributed by atoms with Crippen molar-refractivity contribution in [3.63, 3.8) is 0 Å². The van der Waals surface area contributed by atoms with Crippen LogP contribution in [0, 0.1) is 0 Å². The van der Waals surface area contributed by atoms with Gasteiger partial charge in [0.2, 0.25) is 0 Å². The van der Waals surface area contributed by atoms with Crippen molar-refractivity contribution < 1.29 is 29.4 Å². The Hall–Kier alpha value is -2.94. The maximum absolute atomic E-state index is 10.6. The molecule has 0 saturated heterocycles. The Bertz CT molecular complexity index is 596. The highest BCUT2D eigenvalue weighted by Crippen LogP contribution is 2.23. The number of aromatic nitrogens is 2. The summed E-state index contributed by atoms with van der Waals surface area (Å²) in [6, 6.07) is 2.84. The lowest BCUT2D eigenvalue weighted by Crippen LogP contribution is -2.10. The van der Waals surface area contributed by atoms with Gasteiger partial charge in [-0.2, -0.15) is 0 Å². The lowest BCUT2D eigenvalue weighted by molar-refractivity contribution is -0.135. The van der Waals surface area contributed by atoms with E-state index in [4.69, 9.17) is 14.7 Å². The predicted molar refractivity (Wildman–Crippen MR) is 65.0 cm³/mol. The van der Waals surface area contributed by atoms with Crippen LogP contribution in [-0.4, -0.2) is 43.9 Å². The van der Waals surface area contributed by atoms with E-state index in [-0.39, 0.29) is 6.54 Å². The van der Waals surface area contributed by atoms with Gasteiger partial charge in [0.1, 0.15) is 5.75 Å². The number of aromatic hydroxyl groups is 1. The fourth-order valence-electron chi connectivity index (χ4n) is 1.12. The molecule has 0 radical (unpaired) electrons. The first-order valence-corrected chi connectivity index (χ1v) is 5.21. The Morgan fingerprint density at radius 3 is 2.40 bits per heavy atom. The summed E-state index contributed by atoms with van der Waals surface area (Å²) in [6.07, 6.45) is 2.74. The van der Waals surface area contributed by atoms with Crippen LogP contribution in [-0.2, 0) is 4.79 Å². The summed E-state index contributed by atoms with van der Waals surface area (Å²) in [4.78, 5) is 23.4. The zero-order valence-corrected chi connectivity index (χ0v) is 10.1. The fraction of sp³-hybridized carbons (Fsp3) is 0.0909. The summed E-state index contributed by atoms with van der Waals surface area (Å²) in [5.74, 6) is -2.24. The third-order valence-electron chi connectivity index (χ3n) is 1.97. The predicted octanol–water partition coefficient (Wildman–Crippen LogP) is 0.170. The molecule has 0 aromatic carbocycles. The Morgan fingerprint density at radius 2 is 2.00 bits per heavy atom. The monoisotopic (exact) mass is 281 g/mol. The Kier molecular flexibility index (Phi) is 5.18. The number of aliphatic carboxylic acids is 1. The third-order valence-corrected chi connectivity index (χ3v) is 1.97. The molecule has 9 nitrogen and oxygen atoms in total. The summed E-state index contributed by atoms with van der Waals surface area (Å²) in [6.45, 7) is -0.278. The van der Waals surface area contributed by atoms with Gasteiger partial charge in [-0.1, -0.05) is 5.16 Å². The fourth-order valence-corrected chi connectivity index (χ4v) is 1.12. The van der Waals surface area contributed by atoms with Gasteiger partial charge in [-0.15, -0.1) is 0 Å². The van der Waals surface area contributed by atoms with Crippen molar-refractivity contribution in [3.05, 3.63) is 30.2 Å². The van der Waals surface area contributed by atoms with Crippen molar-refractivity contribution in [2.45, 2.75) is 0 Å². The first-order valence-electron chi connectivity index (χ1n) is 5.21. The summed E-state index contributed by atoms with van der Waals surface area (Å²) in [5.41, 5.74) is 4.65. The van der Waals surface area contributed by atoms with Crippen molar-refractivity contribution in [3.8, 4) is 17.1 Å². The van der Waals surface area contributed by atoms with Crippen LogP contribution in [0.25, 0.3) is 11.3 Å². The highest BCUT2D eigenvalue weighted by molar-refractivity contribution is 5.89. The van der Waals surface area contributed by atoms with E-state index in [2.05, 4.69) is 15.9 Å². The minimum atomic E-state index is -1.28. The molecule has 0 amide bonds. The molecule has 2 aromatic heterocycles. The molecule has 2 rings (SSSR count). The average Bonchev–Trinajstić information content (AvgIpc) is 2.92. The van der Waals surface area contributed by atoms with Gasteiger partial charge in [-0.05, 0) is 6.07 Å². The first-order chi connectivity index (χ1) is 9.45. The van der Waals surface area contributed by atoms with Gasteiger partial charge in [-0.25, -0.2) is 9.78 Å². The Labute approximate surface area is 112 Å². The standard InChI is InChI=1S/C9H6N2O4.C2H5NO2/c12-6-3-5(7-1-2-11-15-7)4-10-8(6)9(13)14;3-1-2(4)5/h1-4,12H,(H,13,14);1,3H2,(H,4,5). The summed E-state index contributed by atoms with van der Waals surface area (Å²) < 4.78 is 4.83. The van der Waals surface area contributed by atoms with E-state index in [1.165, 1.54) is 18.5 Å². The molecule has 2 aromatic rings. The van der Waals surface area contributed by atoms with Gasteiger partial charge in [-0.3, -0.25) is 4.79 Å². The normalized spacial score (nSPS) is 9.45. The van der Waals surface area contributed by atoms with Gasteiger partial charge < -0.3 is 25.6 Å². The number of pyridine rings is 1. The second-order valence-electron chi connectivity index (χ2n) is 3.37. The number of rotatable bonds is 3. The lowest BCUT2D eigenvalue weighted by atomic mass is 10.2. The number of nitrogens with two attached hydrogens (primary N) is 1. The van der Waals surface area contributed by atoms with Crippen molar-refractivity contribution >= 4 is 11.9 Å². The molecule has 0 atom stereocenters. The van der Waals surface area contributed by atoms with Crippen LogP contribution in [0.15, 0.2) is 29.0 Å². The zero-order chi connectivity index (χ0) is 15.1. The van der Waals surface area contributed by atoms with Crippen LogP contribution in [0.4, 0.5) is 0 Å². The minimum absolute atomic E-state index is 0.278. The number of carboxylic acids is 2. The number of aromatic carboxylic acids is 1. The van der Waals surface area contributed by atoms with Gasteiger partial charge in [0.25, 0.3) is 0 Å². The second-order valence-corrected chi connectivity index (χ2v) is 3.37. The number of hydrogen-bond donors (Lipinski definition) is 4. The molecule has 0 bridgehead atoms. The third kappa shape index (κ3) is 4.07. The lowest BCUT2D eigenvalue weighted by Gasteiger charge is -1.99. The Morgan fingerprint density at radius 1 is 1.35 bits per heavy atom. The van der Waals surface area contributed by atoms with E-state index in [1.807, 2.05) is 0 Å². The molecule has 0 aliphatic rings. The molecule has 0 aliphatic carbocycles. The van der Waals surface area contributed by atoms with E-state index in [0.29, 0.717) is 11.3 Å². The molecule has 9 heteroatoms. The smallest absolute Gasteiger partial charge is 0.358 e. The van der Waals surface area contributed by atoms with Crippen molar-refractivity contribution in [1.82, 2.24) is 10.1 Å². The van der Waals surface area contributed by atoms with E-state index in [9.17, 15) is 14.7 Å². The first kappa shape index (κ1) is 15.1. The number of hydrogen-bond acceptors (Lipinski definition) is 7. The van der Waals surface area contributed by atoms with Crippen LogP contribution in [0.3, 0.4) is 0 Å². The molecule has 0 unspecified atom stereocenters. The van der Waals surface area contributed by atoms with Gasteiger partial charge in [0, 0.05) is 17.8 Å². The van der Waals surface area contributed by atoms with Crippen LogP contribution < -0.4 is 5.73 Å². The molecule has 0 spiro atoms. The van der Waals surface area contributed by atoms with E-state index >= 15 is 0 Å². The number of carboxylic acid groups (broad SMARTS) is 2. The summed E-state index contributed by atoms with van der Waals surface area (Å²) >= 11 is 0. The van der Waals surface area contributed by atoms with E-state index in [1.54, 1.807) is 6.07 Å². The number of carbonyl (C=O) groups is 2. The van der Waals surface area contributed by atoms with Crippen molar-refractivity contribution in [2.24, 2.45) is 5.73 Å². The van der Waals surface area contributed by atoms with E-state index < -0.39 is 23.4 Å². The molecule has 5 N–H and O–H groups in total. The van der Waals surface area contributed by atoms with Crippen LogP contribution in [0.1, 0.15) is 10.5 Å². The molecule has 0 fully saturated rings. The van der Waals surface area contributed by atoms with Crippen LogP contribution in [0.5, 0.6) is 5.75 Å². The zero-order valence-electron chi connectivity index (χ0n) is 10.1. The molecule has 0 aliphatic heterocycles. The second kappa shape index (κ2) is 6.85. The molecule has 20 heavy (non-hydrogen) atoms. The maximum Gasteiger partial charge on any atom is 0.358 e. The molecule has 0 saturated carbocycles. The maximum atomic E-state index is 10.6. The quantitative estimate of drug-likeness (QED) is 0.614. The molecular weight excluding hydrogens is 270 g/mol. The minimum Gasteiger partial charge on any atom is -0.505 e. The summed E-state index contributed by atoms with van der Waals surface area (Å²) in [5, 5.41) is 29.1. The highest BCUT2D eigenvalue weighted by atomic mass is 16.5. The van der Waals surface area contributed by atoms with Gasteiger partial charge in [0.05, 0.1) is 12.7 Å². The molecule has 106 valence electrons. The van der Waals surface area contributed by atoms with Gasteiger partial charge in [0.15, 0.2) is 11.5 Å². The van der Waals surface area contributed by atoms with Crippen LogP contribution >= 0.6 is 0 Å². The SMILES string of the molecule is NCC(=O)O.O=C(O)c1ncc(-c2ccno2)cc1O. The van der Waals surface area contributed by atoms with Crippen molar-refractivity contribution in [1.29, 1.82) is 0 Å². The highest BCUT2D eigenvalue weighted by Gasteiger charge is 2.13. The summed E-state index contributed by atoms with van der Waals surface area (Å²) in [7, 11) is 0. The topological polar surface area (TPSA) is 160 Å². The number of nitrogens with zero attached hydrogens (tertiary/aromatic N) is 2. The van der Waals surface area contributed by atoms with Gasteiger partial charge >= 0.3 is 11.9 Å². The van der Waals surface area contributed by atoms with Crippen LogP contribution in [0.2, 0.25) is 0 Å². The molecule has 2 heterocycles. The molecular formula is C11H11N3O6. The Balaban J connectivity index is 0.000000347. The van der Waals surface area contributed by atoms with Crippen molar-refractivity contribution in [2.75, 3.05) is 6.54 Å². The average molecular weight is 281 g/mol. The largest absolute Gasteiger partial charge is 0.505 e.